The lowest BCUT2D eigenvalue weighted by atomic mass is 10.1. The number of ether oxygens (including phenoxy) is 2. The highest BCUT2D eigenvalue weighted by atomic mass is 79.9. The number of hydrogen-bond donors (Lipinski definition) is 1. The Hall–Kier alpha value is -1.04. The second-order valence-electron chi connectivity index (χ2n) is 4.66. The summed E-state index contributed by atoms with van der Waals surface area (Å²) in [5.41, 5.74) is 7.86. The molecule has 0 atom stereocenters. The monoisotopic (exact) mass is 413 g/mol. The molecule has 21 heavy (non-hydrogen) atoms. The second-order valence-corrected chi connectivity index (χ2v) is 6.37. The molecule has 0 aliphatic carbocycles. The molecule has 0 spiro atoms. The van der Waals surface area contributed by atoms with Gasteiger partial charge in [-0.05, 0) is 81.1 Å². The zero-order valence-corrected chi connectivity index (χ0v) is 15.1. The Morgan fingerprint density at radius 3 is 2.33 bits per heavy atom. The molecule has 3 nitrogen and oxygen atoms in total. The number of rotatable bonds is 5. The highest BCUT2D eigenvalue weighted by Gasteiger charge is 2.11. The van der Waals surface area contributed by atoms with Crippen LogP contribution in [0.15, 0.2) is 39.3 Å². The summed E-state index contributed by atoms with van der Waals surface area (Å²) in [6.07, 6.45) is 0.837. The molecule has 0 radical (unpaired) electrons. The van der Waals surface area contributed by atoms with Crippen LogP contribution >= 0.6 is 31.9 Å². The molecule has 0 heterocycles. The van der Waals surface area contributed by atoms with Crippen LogP contribution in [0.25, 0.3) is 0 Å². The summed E-state index contributed by atoms with van der Waals surface area (Å²) < 4.78 is 13.0. The first kappa shape index (κ1) is 16.3. The fourth-order valence-electron chi connectivity index (χ4n) is 1.94. The van der Waals surface area contributed by atoms with E-state index in [1.807, 2.05) is 31.2 Å². The molecule has 0 amide bonds. The zero-order valence-electron chi connectivity index (χ0n) is 12.0. The molecule has 0 aromatic heterocycles. The Bertz CT molecular complexity index is 644. The van der Waals surface area contributed by atoms with Gasteiger partial charge in [0.15, 0.2) is 0 Å². The van der Waals surface area contributed by atoms with Crippen LogP contribution in [0.1, 0.15) is 11.1 Å². The van der Waals surface area contributed by atoms with Crippen molar-refractivity contribution in [3.63, 3.8) is 0 Å². The molecule has 0 aliphatic rings. The third-order valence-corrected chi connectivity index (χ3v) is 4.35. The van der Waals surface area contributed by atoms with Crippen LogP contribution in [-0.2, 0) is 6.42 Å². The van der Waals surface area contributed by atoms with E-state index in [0.717, 1.165) is 38.2 Å². The molecule has 0 unspecified atom stereocenters. The topological polar surface area (TPSA) is 44.5 Å². The van der Waals surface area contributed by atoms with Gasteiger partial charge in [-0.3, -0.25) is 0 Å². The Morgan fingerprint density at radius 1 is 1.00 bits per heavy atom. The van der Waals surface area contributed by atoms with Gasteiger partial charge in [0, 0.05) is 0 Å². The molecule has 5 heteroatoms. The van der Waals surface area contributed by atoms with Gasteiger partial charge in [-0.1, -0.05) is 12.1 Å². The molecular formula is C16H17Br2NO2. The van der Waals surface area contributed by atoms with E-state index in [0.29, 0.717) is 6.54 Å². The fourth-order valence-corrected chi connectivity index (χ4v) is 2.83. The van der Waals surface area contributed by atoms with Crippen LogP contribution in [0, 0.1) is 6.92 Å². The Balaban J connectivity index is 2.33. The number of aryl methyl sites for hydroxylation is 1. The van der Waals surface area contributed by atoms with Crippen LogP contribution in [0.2, 0.25) is 0 Å². The van der Waals surface area contributed by atoms with Gasteiger partial charge in [-0.2, -0.15) is 0 Å². The first-order valence-corrected chi connectivity index (χ1v) is 8.14. The number of nitrogens with two attached hydrogens (primary N) is 1. The van der Waals surface area contributed by atoms with Gasteiger partial charge in [-0.25, -0.2) is 0 Å². The summed E-state index contributed by atoms with van der Waals surface area (Å²) in [7, 11) is 1.63. The summed E-state index contributed by atoms with van der Waals surface area (Å²) in [6.45, 7) is 2.65. The molecule has 2 aromatic carbocycles. The van der Waals surface area contributed by atoms with E-state index in [9.17, 15) is 0 Å². The quantitative estimate of drug-likeness (QED) is 0.762. The molecule has 0 saturated carbocycles. The van der Waals surface area contributed by atoms with Crippen molar-refractivity contribution in [3.8, 4) is 17.2 Å². The van der Waals surface area contributed by atoms with E-state index in [2.05, 4.69) is 37.9 Å². The lowest BCUT2D eigenvalue weighted by Gasteiger charge is -2.13. The van der Waals surface area contributed by atoms with Crippen molar-refractivity contribution in [3.05, 3.63) is 50.4 Å². The second kappa shape index (κ2) is 7.29. The molecular weight excluding hydrogens is 398 g/mol. The maximum atomic E-state index is 6.03. The van der Waals surface area contributed by atoms with E-state index >= 15 is 0 Å². The van der Waals surface area contributed by atoms with Gasteiger partial charge in [0.05, 0.1) is 16.1 Å². The summed E-state index contributed by atoms with van der Waals surface area (Å²) in [6, 6.07) is 9.92. The highest BCUT2D eigenvalue weighted by molar-refractivity contribution is 9.11. The van der Waals surface area contributed by atoms with Gasteiger partial charge in [0.25, 0.3) is 0 Å². The van der Waals surface area contributed by atoms with Crippen molar-refractivity contribution in [2.75, 3.05) is 13.7 Å². The molecule has 0 saturated heterocycles. The minimum atomic E-state index is 0.625. The standard InChI is InChI=1S/C16H17Br2NO2/c1-10-3-4-11(5-6-19)7-14(10)21-16-9-12(17)15(20-2)8-13(16)18/h3-4,7-9H,5-6,19H2,1-2H3. The van der Waals surface area contributed by atoms with Crippen molar-refractivity contribution in [2.24, 2.45) is 5.73 Å². The zero-order chi connectivity index (χ0) is 15.4. The lowest BCUT2D eigenvalue weighted by molar-refractivity contribution is 0.409. The van der Waals surface area contributed by atoms with Crippen molar-refractivity contribution >= 4 is 31.9 Å². The van der Waals surface area contributed by atoms with E-state index < -0.39 is 0 Å². The minimum absolute atomic E-state index is 0.625. The Labute approximate surface area is 141 Å². The van der Waals surface area contributed by atoms with Crippen LogP contribution in [0.5, 0.6) is 17.2 Å². The number of methoxy groups -OCH3 is 1. The summed E-state index contributed by atoms with van der Waals surface area (Å²) >= 11 is 6.98. The molecule has 2 aromatic rings. The van der Waals surface area contributed by atoms with Gasteiger partial charge in [0.1, 0.15) is 17.2 Å². The summed E-state index contributed by atoms with van der Waals surface area (Å²) in [5.74, 6) is 2.32. The number of hydrogen-bond acceptors (Lipinski definition) is 3. The minimum Gasteiger partial charge on any atom is -0.496 e. The van der Waals surface area contributed by atoms with Crippen LogP contribution in [0.4, 0.5) is 0 Å². The van der Waals surface area contributed by atoms with Gasteiger partial charge in [0.2, 0.25) is 0 Å². The number of halogens is 2. The van der Waals surface area contributed by atoms with E-state index in [-0.39, 0.29) is 0 Å². The van der Waals surface area contributed by atoms with E-state index in [4.69, 9.17) is 15.2 Å². The predicted octanol–water partition coefficient (Wildman–Crippen LogP) is 4.82. The van der Waals surface area contributed by atoms with Gasteiger partial charge >= 0.3 is 0 Å². The predicted molar refractivity (Wildman–Crippen MR) is 92.4 cm³/mol. The maximum absolute atomic E-state index is 6.03. The summed E-state index contributed by atoms with van der Waals surface area (Å²) in [5, 5.41) is 0. The van der Waals surface area contributed by atoms with Crippen molar-refractivity contribution in [2.45, 2.75) is 13.3 Å². The molecule has 0 bridgehead atoms. The van der Waals surface area contributed by atoms with Gasteiger partial charge < -0.3 is 15.2 Å². The smallest absolute Gasteiger partial charge is 0.143 e. The summed E-state index contributed by atoms with van der Waals surface area (Å²) in [4.78, 5) is 0. The molecule has 2 rings (SSSR count). The highest BCUT2D eigenvalue weighted by Crippen LogP contribution is 2.38. The van der Waals surface area contributed by atoms with Crippen LogP contribution < -0.4 is 15.2 Å². The van der Waals surface area contributed by atoms with Crippen molar-refractivity contribution in [1.82, 2.24) is 0 Å². The first-order chi connectivity index (χ1) is 10.0. The molecule has 112 valence electrons. The lowest BCUT2D eigenvalue weighted by Crippen LogP contribution is -2.03. The largest absolute Gasteiger partial charge is 0.496 e. The fraction of sp³-hybridized carbons (Fsp3) is 0.250. The van der Waals surface area contributed by atoms with Crippen molar-refractivity contribution < 1.29 is 9.47 Å². The third-order valence-electron chi connectivity index (χ3n) is 3.11. The van der Waals surface area contributed by atoms with Crippen molar-refractivity contribution in [1.29, 1.82) is 0 Å². The Kier molecular flexibility index (Phi) is 5.67. The van der Waals surface area contributed by atoms with Gasteiger partial charge in [-0.15, -0.1) is 0 Å². The average molecular weight is 415 g/mol. The molecule has 2 N–H and O–H groups in total. The SMILES string of the molecule is COc1cc(Br)c(Oc2cc(CCN)ccc2C)cc1Br. The first-order valence-electron chi connectivity index (χ1n) is 6.55. The van der Waals surface area contributed by atoms with Crippen LogP contribution in [-0.4, -0.2) is 13.7 Å². The van der Waals surface area contributed by atoms with Crippen LogP contribution in [0.3, 0.4) is 0 Å². The number of benzene rings is 2. The third kappa shape index (κ3) is 3.99. The van der Waals surface area contributed by atoms with E-state index in [1.54, 1.807) is 7.11 Å². The molecule has 0 fully saturated rings. The normalized spacial score (nSPS) is 10.5. The van der Waals surface area contributed by atoms with E-state index in [1.165, 1.54) is 5.56 Å². The maximum Gasteiger partial charge on any atom is 0.143 e. The average Bonchev–Trinajstić information content (AvgIpc) is 2.46. The Morgan fingerprint density at radius 2 is 1.67 bits per heavy atom. The molecule has 0 aliphatic heterocycles.